The highest BCUT2D eigenvalue weighted by atomic mass is 35.5. The monoisotopic (exact) mass is 605 g/mol. The molecule has 3 aliphatic heterocycles. The maximum atomic E-state index is 16.6. The van der Waals surface area contributed by atoms with E-state index >= 15 is 4.39 Å². The van der Waals surface area contributed by atoms with Gasteiger partial charge in [0.1, 0.15) is 29.6 Å². The van der Waals surface area contributed by atoms with E-state index in [0.29, 0.717) is 29.6 Å². The van der Waals surface area contributed by atoms with Crippen molar-refractivity contribution in [1.82, 2.24) is 25.2 Å². The summed E-state index contributed by atoms with van der Waals surface area (Å²) in [6, 6.07) is 6.12. The van der Waals surface area contributed by atoms with Gasteiger partial charge in [0.25, 0.3) is 11.9 Å². The third-order valence-corrected chi connectivity index (χ3v) is 8.74. The van der Waals surface area contributed by atoms with Gasteiger partial charge in [0.2, 0.25) is 0 Å². The van der Waals surface area contributed by atoms with E-state index in [0.717, 1.165) is 19.4 Å². The molecule has 2 aromatic carbocycles. The first-order chi connectivity index (χ1) is 20.1. The van der Waals surface area contributed by atoms with Crippen molar-refractivity contribution in [1.29, 1.82) is 0 Å². The van der Waals surface area contributed by atoms with Crippen LogP contribution in [0.15, 0.2) is 28.7 Å². The molecule has 3 aliphatic rings. The molecule has 5 heterocycles. The van der Waals surface area contributed by atoms with Crippen LogP contribution in [0.1, 0.15) is 19.3 Å². The number of aromatic nitrogens is 3. The summed E-state index contributed by atoms with van der Waals surface area (Å²) >= 11 is 6.67. The second kappa shape index (κ2) is 10.1. The summed E-state index contributed by atoms with van der Waals surface area (Å²) in [7, 11) is 0. The average molecular weight is 606 g/mol. The third-order valence-electron chi connectivity index (χ3n) is 8.44. The van der Waals surface area contributed by atoms with Gasteiger partial charge in [0.15, 0.2) is 11.4 Å². The summed E-state index contributed by atoms with van der Waals surface area (Å²) in [5.41, 5.74) is 6.06. The molecule has 0 unspecified atom stereocenters. The van der Waals surface area contributed by atoms with Crippen molar-refractivity contribution >= 4 is 45.4 Å². The van der Waals surface area contributed by atoms with E-state index in [9.17, 15) is 13.2 Å². The number of halogens is 5. The van der Waals surface area contributed by atoms with Crippen molar-refractivity contribution < 1.29 is 26.7 Å². The molecule has 0 amide bonds. The number of nitrogens with two attached hydrogens (primary N) is 1. The molecule has 7 rings (SSSR count). The molecular weight excluding hydrogens is 578 g/mol. The summed E-state index contributed by atoms with van der Waals surface area (Å²) in [5, 5.41) is 2.89. The van der Waals surface area contributed by atoms with Gasteiger partial charge in [-0.1, -0.05) is 23.7 Å². The average Bonchev–Trinajstić information content (AvgIpc) is 3.55. The molecule has 14 heteroatoms. The Morgan fingerprint density at radius 2 is 2.05 bits per heavy atom. The van der Waals surface area contributed by atoms with E-state index in [1.54, 1.807) is 18.2 Å². The van der Waals surface area contributed by atoms with E-state index < -0.39 is 36.5 Å². The van der Waals surface area contributed by atoms with Crippen LogP contribution in [0.2, 0.25) is 5.02 Å². The molecule has 0 aliphatic carbocycles. The molecule has 3 saturated heterocycles. The highest BCUT2D eigenvalue weighted by Crippen LogP contribution is 2.43. The Hall–Kier alpha value is -3.42. The van der Waals surface area contributed by atoms with Gasteiger partial charge in [-0.2, -0.15) is 15.0 Å². The zero-order valence-corrected chi connectivity index (χ0v) is 23.2. The summed E-state index contributed by atoms with van der Waals surface area (Å²) in [6.45, 7) is 0.484. The van der Waals surface area contributed by atoms with Crippen molar-refractivity contribution in [3.05, 3.63) is 35.1 Å². The van der Waals surface area contributed by atoms with Crippen LogP contribution in [-0.4, -0.2) is 83.4 Å². The van der Waals surface area contributed by atoms with Crippen LogP contribution in [0, 0.1) is 5.82 Å². The van der Waals surface area contributed by atoms with E-state index in [2.05, 4.69) is 25.2 Å². The zero-order valence-electron chi connectivity index (χ0n) is 22.5. The number of rotatable bonds is 5. The van der Waals surface area contributed by atoms with Crippen molar-refractivity contribution in [3.63, 3.8) is 0 Å². The number of fused-ring (bicyclic) bond motifs is 3. The Kier molecular flexibility index (Phi) is 6.59. The van der Waals surface area contributed by atoms with Gasteiger partial charge in [-0.3, -0.25) is 4.90 Å². The standard InChI is InChI=1S/C28H28ClF4N7O2/c29-18-9-17-23(21(31)20(18)16-3-1-4-19-22(16)36-25(34)42-19)37-26(38-24(17)39-8-6-35-12-28(32,33)13-39)41-14-27-5-2-7-40(27)11-15(30)10-27/h1,3-4,9,15,35H,2,5-8,10-14H2,(H2,34,36)/t15-,27+/m1/s1. The number of nitrogen functional groups attached to an aromatic ring is 1. The minimum Gasteiger partial charge on any atom is -0.461 e. The maximum absolute atomic E-state index is 16.6. The number of para-hydroxylation sites is 1. The van der Waals surface area contributed by atoms with Crippen LogP contribution in [0.4, 0.5) is 29.4 Å². The van der Waals surface area contributed by atoms with E-state index in [1.165, 1.54) is 11.0 Å². The second-order valence-electron chi connectivity index (χ2n) is 11.3. The van der Waals surface area contributed by atoms with Gasteiger partial charge in [-0.25, -0.2) is 17.6 Å². The summed E-state index contributed by atoms with van der Waals surface area (Å²) < 4.78 is 71.8. The van der Waals surface area contributed by atoms with Crippen LogP contribution in [0.25, 0.3) is 33.1 Å². The molecule has 0 saturated carbocycles. The molecule has 42 heavy (non-hydrogen) atoms. The molecule has 9 nitrogen and oxygen atoms in total. The minimum absolute atomic E-state index is 0.00171. The predicted molar refractivity (Wildman–Crippen MR) is 150 cm³/mol. The molecule has 0 spiro atoms. The molecule has 3 N–H and O–H groups in total. The number of benzene rings is 2. The normalized spacial score (nSPS) is 24.4. The lowest BCUT2D eigenvalue weighted by Crippen LogP contribution is -2.43. The van der Waals surface area contributed by atoms with E-state index in [4.69, 9.17) is 26.5 Å². The second-order valence-corrected chi connectivity index (χ2v) is 11.7. The highest BCUT2D eigenvalue weighted by molar-refractivity contribution is 6.34. The number of oxazole rings is 1. The lowest BCUT2D eigenvalue weighted by Gasteiger charge is -2.31. The number of hydrogen-bond acceptors (Lipinski definition) is 9. The van der Waals surface area contributed by atoms with Crippen molar-refractivity contribution in [3.8, 4) is 17.1 Å². The molecule has 2 atom stereocenters. The smallest absolute Gasteiger partial charge is 0.319 e. The highest BCUT2D eigenvalue weighted by Gasteiger charge is 2.49. The SMILES string of the molecule is Nc1nc2c(-c3c(Cl)cc4c(N5CCNCC(F)(F)C5)nc(OC[C@@]56CCCN5C[C@H](F)C6)nc4c3F)cccc2o1. The first-order valence-electron chi connectivity index (χ1n) is 13.8. The van der Waals surface area contributed by atoms with E-state index in [-0.39, 0.29) is 59.0 Å². The molecule has 3 fully saturated rings. The van der Waals surface area contributed by atoms with Gasteiger partial charge >= 0.3 is 6.01 Å². The lowest BCUT2D eigenvalue weighted by molar-refractivity contribution is 0.0156. The molecule has 0 radical (unpaired) electrons. The Bertz CT molecular complexity index is 1690. The third kappa shape index (κ3) is 4.67. The largest absolute Gasteiger partial charge is 0.461 e. The molecule has 2 aromatic heterocycles. The quantitative estimate of drug-likeness (QED) is 0.310. The first-order valence-corrected chi connectivity index (χ1v) is 14.2. The topological polar surface area (TPSA) is 106 Å². The molecular formula is C28H28ClF4N7O2. The minimum atomic E-state index is -3.07. The van der Waals surface area contributed by atoms with Crippen LogP contribution < -0.4 is 20.7 Å². The number of nitrogens with one attached hydrogen (secondary N) is 1. The van der Waals surface area contributed by atoms with Gasteiger partial charge in [0, 0.05) is 42.6 Å². The lowest BCUT2D eigenvalue weighted by atomic mass is 9.95. The van der Waals surface area contributed by atoms with Gasteiger partial charge in [-0.05, 0) is 31.5 Å². The summed E-state index contributed by atoms with van der Waals surface area (Å²) in [4.78, 5) is 16.6. The van der Waals surface area contributed by atoms with Crippen molar-refractivity contribution in [2.75, 3.05) is 56.5 Å². The fraction of sp³-hybridized carbons (Fsp3) is 0.464. The van der Waals surface area contributed by atoms with Crippen LogP contribution in [-0.2, 0) is 0 Å². The number of nitrogens with zero attached hydrogens (tertiary/aromatic N) is 5. The Labute approximate surface area is 243 Å². The first kappa shape index (κ1) is 27.4. The molecule has 222 valence electrons. The summed E-state index contributed by atoms with van der Waals surface area (Å²) in [6.07, 6.45) is 1.00. The van der Waals surface area contributed by atoms with Crippen molar-refractivity contribution in [2.45, 2.75) is 36.9 Å². The Balaban J connectivity index is 1.37. The fourth-order valence-corrected chi connectivity index (χ4v) is 6.90. The van der Waals surface area contributed by atoms with Gasteiger partial charge in [-0.15, -0.1) is 0 Å². The van der Waals surface area contributed by atoms with Crippen LogP contribution in [0.5, 0.6) is 6.01 Å². The van der Waals surface area contributed by atoms with Crippen LogP contribution in [0.3, 0.4) is 0 Å². The number of hydrogen-bond donors (Lipinski definition) is 2. The number of ether oxygens (including phenoxy) is 1. The van der Waals surface area contributed by atoms with Crippen LogP contribution >= 0.6 is 11.6 Å². The van der Waals surface area contributed by atoms with Crippen molar-refractivity contribution in [2.24, 2.45) is 0 Å². The van der Waals surface area contributed by atoms with Gasteiger partial charge in [0.05, 0.1) is 23.7 Å². The van der Waals surface area contributed by atoms with E-state index in [1.807, 2.05) is 0 Å². The number of anilines is 2. The zero-order chi connectivity index (χ0) is 29.2. The molecule has 4 aromatic rings. The summed E-state index contributed by atoms with van der Waals surface area (Å²) in [5.74, 6) is -3.79. The molecule has 0 bridgehead atoms. The predicted octanol–water partition coefficient (Wildman–Crippen LogP) is 4.81. The Morgan fingerprint density at radius 1 is 1.19 bits per heavy atom. The fourth-order valence-electron chi connectivity index (χ4n) is 6.61. The number of alkyl halides is 3. The Morgan fingerprint density at radius 3 is 2.90 bits per heavy atom. The van der Waals surface area contributed by atoms with Gasteiger partial charge < -0.3 is 25.1 Å². The maximum Gasteiger partial charge on any atom is 0.319 e.